The summed E-state index contributed by atoms with van der Waals surface area (Å²) in [5, 5.41) is 9.34. The van der Waals surface area contributed by atoms with E-state index < -0.39 is 11.7 Å². The van der Waals surface area contributed by atoms with E-state index in [4.69, 9.17) is 4.74 Å². The molecular weight excluding hydrogens is 521 g/mol. The predicted octanol–water partition coefficient (Wildman–Crippen LogP) is 3.76. The summed E-state index contributed by atoms with van der Waals surface area (Å²) < 4.78 is 5.26. The molecule has 0 atom stereocenters. The van der Waals surface area contributed by atoms with E-state index in [9.17, 15) is 9.59 Å². The summed E-state index contributed by atoms with van der Waals surface area (Å²) in [6.45, 7) is 11.4. The molecule has 9 heteroatoms. The van der Waals surface area contributed by atoms with Gasteiger partial charge in [-0.05, 0) is 64.7 Å². The van der Waals surface area contributed by atoms with Crippen LogP contribution in [0.2, 0.25) is 0 Å². The second-order valence-electron chi connectivity index (χ2n) is 8.60. The van der Waals surface area contributed by atoms with Crippen LogP contribution in [0.25, 0.3) is 0 Å². The number of benzene rings is 1. The summed E-state index contributed by atoms with van der Waals surface area (Å²) >= 11 is 0. The first-order valence-electron chi connectivity index (χ1n) is 11.2. The molecule has 0 radical (unpaired) electrons. The number of hydrogen-bond acceptors (Lipinski definition) is 4. The fourth-order valence-electron chi connectivity index (χ4n) is 3.24. The summed E-state index contributed by atoms with van der Waals surface area (Å²) in [6.07, 6.45) is 2.91. The molecule has 1 saturated heterocycles. The Labute approximate surface area is 209 Å². The molecule has 2 rings (SSSR count). The van der Waals surface area contributed by atoms with Crippen LogP contribution in [-0.2, 0) is 16.0 Å². The maximum absolute atomic E-state index is 11.8. The minimum Gasteiger partial charge on any atom is -0.444 e. The first kappa shape index (κ1) is 28.0. The number of amides is 2. The predicted molar refractivity (Wildman–Crippen MR) is 140 cm³/mol. The van der Waals surface area contributed by atoms with Gasteiger partial charge in [0.25, 0.3) is 0 Å². The van der Waals surface area contributed by atoms with E-state index in [1.165, 1.54) is 0 Å². The molecule has 1 aliphatic heterocycles. The number of hydrogen-bond donors (Lipinski definition) is 3. The van der Waals surface area contributed by atoms with Crippen LogP contribution >= 0.6 is 24.0 Å². The van der Waals surface area contributed by atoms with Crippen LogP contribution in [0.3, 0.4) is 0 Å². The van der Waals surface area contributed by atoms with Gasteiger partial charge in [0.15, 0.2) is 5.96 Å². The highest BCUT2D eigenvalue weighted by Gasteiger charge is 2.19. The van der Waals surface area contributed by atoms with Gasteiger partial charge in [0.2, 0.25) is 5.91 Å². The highest BCUT2D eigenvalue weighted by atomic mass is 127. The quantitative estimate of drug-likeness (QED) is 0.186. The van der Waals surface area contributed by atoms with Crippen molar-refractivity contribution >= 4 is 47.6 Å². The number of anilines is 1. The van der Waals surface area contributed by atoms with E-state index in [1.54, 1.807) is 0 Å². The summed E-state index contributed by atoms with van der Waals surface area (Å²) in [7, 11) is 0. The average Bonchev–Trinajstić information content (AvgIpc) is 3.10. The van der Waals surface area contributed by atoms with Gasteiger partial charge in [0.1, 0.15) is 5.60 Å². The van der Waals surface area contributed by atoms with Gasteiger partial charge < -0.3 is 20.3 Å². The van der Waals surface area contributed by atoms with Crippen LogP contribution in [0.15, 0.2) is 29.3 Å². The molecule has 32 heavy (non-hydrogen) atoms. The fraction of sp³-hybridized carbons (Fsp3) is 0.609. The van der Waals surface area contributed by atoms with Crippen LogP contribution < -0.4 is 16.0 Å². The number of carbonyl (C=O) groups excluding carboxylic acids is 2. The van der Waals surface area contributed by atoms with E-state index in [-0.39, 0.29) is 29.9 Å². The molecule has 0 spiro atoms. The maximum atomic E-state index is 11.8. The molecule has 1 fully saturated rings. The van der Waals surface area contributed by atoms with Gasteiger partial charge in [-0.2, -0.15) is 0 Å². The lowest BCUT2D eigenvalue weighted by Crippen LogP contribution is -2.38. The van der Waals surface area contributed by atoms with Gasteiger partial charge in [-0.1, -0.05) is 12.1 Å². The van der Waals surface area contributed by atoms with Crippen LogP contribution in [0, 0.1) is 0 Å². The van der Waals surface area contributed by atoms with Crippen molar-refractivity contribution in [2.45, 2.75) is 59.0 Å². The fourth-order valence-corrected chi connectivity index (χ4v) is 3.24. The SMILES string of the molecule is CCNC(=NCCCN1CCCC1=O)NCCc1ccc(NC(=O)OC(C)(C)C)cc1.I. The van der Waals surface area contributed by atoms with Gasteiger partial charge in [0, 0.05) is 44.8 Å². The third-order valence-corrected chi connectivity index (χ3v) is 4.68. The molecule has 8 nitrogen and oxygen atoms in total. The number of ether oxygens (including phenoxy) is 1. The summed E-state index contributed by atoms with van der Waals surface area (Å²) in [5.74, 6) is 1.06. The molecule has 0 saturated carbocycles. The van der Waals surface area contributed by atoms with E-state index in [2.05, 4.69) is 20.9 Å². The van der Waals surface area contributed by atoms with E-state index >= 15 is 0 Å². The number of halogens is 1. The molecule has 180 valence electrons. The molecule has 0 unspecified atom stereocenters. The van der Waals surface area contributed by atoms with E-state index in [0.29, 0.717) is 18.7 Å². The second kappa shape index (κ2) is 14.2. The van der Waals surface area contributed by atoms with Crippen LogP contribution in [0.4, 0.5) is 10.5 Å². The Bertz CT molecular complexity index is 747. The van der Waals surface area contributed by atoms with Crippen LogP contribution in [-0.4, -0.2) is 61.2 Å². The van der Waals surface area contributed by atoms with Gasteiger partial charge in [0.05, 0.1) is 0 Å². The highest BCUT2D eigenvalue weighted by molar-refractivity contribution is 14.0. The monoisotopic (exact) mass is 559 g/mol. The highest BCUT2D eigenvalue weighted by Crippen LogP contribution is 2.13. The lowest BCUT2D eigenvalue weighted by Gasteiger charge is -2.19. The van der Waals surface area contributed by atoms with Crippen molar-refractivity contribution in [2.24, 2.45) is 4.99 Å². The number of likely N-dealkylation sites (tertiary alicyclic amines) is 1. The number of nitrogens with one attached hydrogen (secondary N) is 3. The minimum atomic E-state index is -0.521. The Morgan fingerprint density at radius 1 is 1.19 bits per heavy atom. The summed E-state index contributed by atoms with van der Waals surface area (Å²) in [4.78, 5) is 30.0. The lowest BCUT2D eigenvalue weighted by molar-refractivity contribution is -0.127. The Morgan fingerprint density at radius 2 is 1.91 bits per heavy atom. The Kier molecular flexibility index (Phi) is 12.4. The van der Waals surface area contributed by atoms with Crippen molar-refractivity contribution in [2.75, 3.05) is 38.0 Å². The van der Waals surface area contributed by atoms with Crippen molar-refractivity contribution in [1.29, 1.82) is 0 Å². The molecule has 0 aromatic heterocycles. The number of nitrogens with zero attached hydrogens (tertiary/aromatic N) is 2. The summed E-state index contributed by atoms with van der Waals surface area (Å²) in [6, 6.07) is 7.73. The van der Waals surface area contributed by atoms with E-state index in [0.717, 1.165) is 57.0 Å². The third-order valence-electron chi connectivity index (χ3n) is 4.68. The molecule has 0 bridgehead atoms. The van der Waals surface area contributed by atoms with Gasteiger partial charge in [-0.3, -0.25) is 15.1 Å². The van der Waals surface area contributed by atoms with Gasteiger partial charge in [-0.15, -0.1) is 24.0 Å². The van der Waals surface area contributed by atoms with E-state index in [1.807, 2.05) is 56.9 Å². The first-order chi connectivity index (χ1) is 14.8. The first-order valence-corrected chi connectivity index (χ1v) is 11.2. The Balaban J connectivity index is 0.00000512. The standard InChI is InChI=1S/C23H37N5O3.HI/c1-5-24-21(25-14-7-17-28-16-6-8-20(28)29)26-15-13-18-9-11-19(12-10-18)27-22(30)31-23(2,3)4;/h9-12H,5-8,13-17H2,1-4H3,(H,27,30)(H2,24,25,26);1H. The molecule has 0 aliphatic carbocycles. The lowest BCUT2D eigenvalue weighted by atomic mass is 10.1. The maximum Gasteiger partial charge on any atom is 0.412 e. The zero-order chi connectivity index (χ0) is 22.7. The molecule has 1 aromatic carbocycles. The van der Waals surface area contributed by atoms with Crippen molar-refractivity contribution < 1.29 is 14.3 Å². The molecule has 2 amide bonds. The van der Waals surface area contributed by atoms with Crippen molar-refractivity contribution in [3.8, 4) is 0 Å². The zero-order valence-electron chi connectivity index (χ0n) is 19.7. The molecule has 1 aliphatic rings. The zero-order valence-corrected chi connectivity index (χ0v) is 22.0. The van der Waals surface area contributed by atoms with Gasteiger partial charge in [-0.25, -0.2) is 4.79 Å². The molecule has 1 heterocycles. The van der Waals surface area contributed by atoms with Crippen LogP contribution in [0.1, 0.15) is 52.5 Å². The van der Waals surface area contributed by atoms with Crippen LogP contribution in [0.5, 0.6) is 0 Å². The smallest absolute Gasteiger partial charge is 0.412 e. The number of aliphatic imine (C=N–C) groups is 1. The topological polar surface area (TPSA) is 95.1 Å². The second-order valence-corrected chi connectivity index (χ2v) is 8.60. The van der Waals surface area contributed by atoms with Gasteiger partial charge >= 0.3 is 6.09 Å². The largest absolute Gasteiger partial charge is 0.444 e. The summed E-state index contributed by atoms with van der Waals surface area (Å²) in [5.41, 5.74) is 1.34. The van der Waals surface area contributed by atoms with Crippen molar-refractivity contribution in [3.05, 3.63) is 29.8 Å². The number of carbonyl (C=O) groups is 2. The van der Waals surface area contributed by atoms with Crippen molar-refractivity contribution in [1.82, 2.24) is 15.5 Å². The Morgan fingerprint density at radius 3 is 2.50 bits per heavy atom. The molecule has 3 N–H and O–H groups in total. The average molecular weight is 559 g/mol. The normalized spacial score (nSPS) is 14.1. The molecule has 1 aromatic rings. The minimum absolute atomic E-state index is 0. The third kappa shape index (κ3) is 11.0. The number of guanidine groups is 1. The Hall–Kier alpha value is -2.04. The van der Waals surface area contributed by atoms with Crippen molar-refractivity contribution in [3.63, 3.8) is 0 Å². The molecular formula is C23H38IN5O3. The number of rotatable bonds is 9.